The van der Waals surface area contributed by atoms with Crippen LogP contribution in [0.2, 0.25) is 0 Å². The fraction of sp³-hybridized carbons (Fsp3) is 0.444. The highest BCUT2D eigenvalue weighted by atomic mass is 79.9. The van der Waals surface area contributed by atoms with Crippen LogP contribution in [0.4, 0.5) is 0 Å². The van der Waals surface area contributed by atoms with Crippen molar-refractivity contribution >= 4 is 33.2 Å². The lowest BCUT2D eigenvalue weighted by molar-refractivity contribution is 0.0512. The van der Waals surface area contributed by atoms with E-state index in [1.807, 2.05) is 6.92 Å². The Hall–Kier alpha value is -2.09. The Bertz CT molecular complexity index is 1180. The molecule has 7 heteroatoms. The number of rotatable bonds is 8. The van der Waals surface area contributed by atoms with Gasteiger partial charge in [0.1, 0.15) is 11.4 Å². The number of methoxy groups -OCH3 is 1. The maximum atomic E-state index is 13.3. The number of carbonyl (C=O) groups excluding carboxylic acids is 1. The summed E-state index contributed by atoms with van der Waals surface area (Å²) in [5.74, 6) is 0.594. The maximum absolute atomic E-state index is 13.3. The summed E-state index contributed by atoms with van der Waals surface area (Å²) >= 11 is 5.39. The van der Waals surface area contributed by atoms with Gasteiger partial charge in [0, 0.05) is 28.1 Å². The molecule has 3 aromatic rings. The number of hydrogen-bond acceptors (Lipinski definition) is 5. The average Bonchev–Trinajstić information content (AvgIpc) is 3.41. The van der Waals surface area contributed by atoms with E-state index in [4.69, 9.17) is 9.47 Å². The summed E-state index contributed by atoms with van der Waals surface area (Å²) in [5.41, 5.74) is 6.50. The number of ether oxygens (including phenoxy) is 2. The number of thiophene rings is 1. The molecule has 0 atom stereocenters. The highest BCUT2D eigenvalue weighted by Crippen LogP contribution is 2.47. The van der Waals surface area contributed by atoms with Gasteiger partial charge < -0.3 is 19.4 Å². The van der Waals surface area contributed by atoms with Crippen LogP contribution >= 0.6 is 27.3 Å². The summed E-state index contributed by atoms with van der Waals surface area (Å²) in [6, 6.07) is 8.48. The third-order valence-corrected chi connectivity index (χ3v) is 7.60. The molecule has 1 aliphatic rings. The lowest BCUT2D eigenvalue weighted by atomic mass is 9.93. The summed E-state index contributed by atoms with van der Waals surface area (Å²) in [5, 5.41) is 5.68. The molecule has 0 spiro atoms. The van der Waals surface area contributed by atoms with Gasteiger partial charge in [0.25, 0.3) is 0 Å². The maximum Gasteiger partial charge on any atom is 0.355 e. The molecule has 1 aromatic carbocycles. The Morgan fingerprint density at radius 3 is 2.74 bits per heavy atom. The van der Waals surface area contributed by atoms with Crippen LogP contribution in [0.5, 0.6) is 5.75 Å². The van der Waals surface area contributed by atoms with Crippen molar-refractivity contribution < 1.29 is 14.3 Å². The molecule has 0 aliphatic carbocycles. The van der Waals surface area contributed by atoms with Crippen LogP contribution in [-0.2, 0) is 24.1 Å². The zero-order valence-corrected chi connectivity index (χ0v) is 23.0. The second-order valence-electron chi connectivity index (χ2n) is 9.57. The van der Waals surface area contributed by atoms with E-state index in [-0.39, 0.29) is 11.5 Å². The molecule has 34 heavy (non-hydrogen) atoms. The molecule has 5 nitrogen and oxygen atoms in total. The van der Waals surface area contributed by atoms with Crippen LogP contribution in [0.15, 0.2) is 34.1 Å². The number of halogens is 1. The zero-order valence-electron chi connectivity index (χ0n) is 20.6. The van der Waals surface area contributed by atoms with Crippen LogP contribution in [0.3, 0.4) is 0 Å². The lowest BCUT2D eigenvalue weighted by Gasteiger charge is -2.23. The molecule has 0 unspecified atom stereocenters. The molecule has 0 bridgehead atoms. The van der Waals surface area contributed by atoms with Crippen LogP contribution in [-0.4, -0.2) is 36.3 Å². The van der Waals surface area contributed by atoms with Gasteiger partial charge in [-0.05, 0) is 104 Å². The summed E-state index contributed by atoms with van der Waals surface area (Å²) < 4.78 is 14.2. The minimum Gasteiger partial charge on any atom is -0.496 e. The van der Waals surface area contributed by atoms with Gasteiger partial charge >= 0.3 is 5.97 Å². The van der Waals surface area contributed by atoms with E-state index in [1.165, 1.54) is 10.4 Å². The van der Waals surface area contributed by atoms with Gasteiger partial charge in [-0.1, -0.05) is 6.07 Å². The topological polar surface area (TPSA) is 52.5 Å². The second kappa shape index (κ2) is 10.3. The first kappa shape index (κ1) is 25.0. The van der Waals surface area contributed by atoms with E-state index in [9.17, 15) is 4.79 Å². The highest BCUT2D eigenvalue weighted by Gasteiger charge is 2.33. The van der Waals surface area contributed by atoms with Crippen molar-refractivity contribution in [2.75, 3.05) is 20.3 Å². The van der Waals surface area contributed by atoms with Crippen molar-refractivity contribution in [3.63, 3.8) is 0 Å². The number of benzene rings is 1. The second-order valence-corrected chi connectivity index (χ2v) is 11.4. The average molecular weight is 546 g/mol. The van der Waals surface area contributed by atoms with Crippen LogP contribution in [0.25, 0.3) is 21.7 Å². The molecule has 0 saturated carbocycles. The van der Waals surface area contributed by atoms with Crippen molar-refractivity contribution in [1.29, 1.82) is 0 Å². The Morgan fingerprint density at radius 1 is 1.29 bits per heavy atom. The monoisotopic (exact) mass is 544 g/mol. The molecule has 0 radical (unpaired) electrons. The van der Waals surface area contributed by atoms with E-state index in [2.05, 4.69) is 76.2 Å². The predicted octanol–water partition coefficient (Wildman–Crippen LogP) is 6.71. The van der Waals surface area contributed by atoms with Crippen molar-refractivity contribution in [1.82, 2.24) is 9.88 Å². The summed E-state index contributed by atoms with van der Waals surface area (Å²) in [4.78, 5) is 14.5. The largest absolute Gasteiger partial charge is 0.496 e. The third kappa shape index (κ3) is 4.97. The molecule has 0 saturated heterocycles. The number of fused-ring (bicyclic) bond motifs is 3. The minimum atomic E-state index is -0.235. The molecule has 1 N–H and O–H groups in total. The van der Waals surface area contributed by atoms with E-state index >= 15 is 0 Å². The molecule has 4 rings (SSSR count). The van der Waals surface area contributed by atoms with Crippen LogP contribution < -0.4 is 10.1 Å². The first-order chi connectivity index (χ1) is 16.2. The smallest absolute Gasteiger partial charge is 0.355 e. The number of nitrogens with one attached hydrogen (secondary N) is 1. The van der Waals surface area contributed by atoms with Gasteiger partial charge in [-0.3, -0.25) is 0 Å². The predicted molar refractivity (Wildman–Crippen MR) is 143 cm³/mol. The van der Waals surface area contributed by atoms with Gasteiger partial charge in [-0.15, -0.1) is 11.3 Å². The van der Waals surface area contributed by atoms with E-state index in [0.717, 1.165) is 65.0 Å². The number of hydrogen-bond donors (Lipinski definition) is 1. The number of aryl methyl sites for hydroxylation is 1. The van der Waals surface area contributed by atoms with Gasteiger partial charge in [-0.25, -0.2) is 4.79 Å². The van der Waals surface area contributed by atoms with E-state index < -0.39 is 0 Å². The highest BCUT2D eigenvalue weighted by molar-refractivity contribution is 9.10. The van der Waals surface area contributed by atoms with Crippen molar-refractivity contribution in [3.05, 3.63) is 50.9 Å². The van der Waals surface area contributed by atoms with Crippen molar-refractivity contribution in [2.45, 2.75) is 59.0 Å². The Kier molecular flexibility index (Phi) is 7.55. The number of carbonyl (C=O) groups is 1. The van der Waals surface area contributed by atoms with Gasteiger partial charge in [-0.2, -0.15) is 0 Å². The first-order valence-corrected chi connectivity index (χ1v) is 13.5. The summed E-state index contributed by atoms with van der Waals surface area (Å²) in [6.45, 7) is 10.4. The zero-order chi connectivity index (χ0) is 24.5. The molecule has 0 fully saturated rings. The molecule has 182 valence electrons. The Balaban J connectivity index is 1.90. The lowest BCUT2D eigenvalue weighted by Crippen LogP contribution is -2.36. The Labute approximate surface area is 214 Å². The molecule has 0 amide bonds. The summed E-state index contributed by atoms with van der Waals surface area (Å²) in [7, 11) is 1.69. The standard InChI is InChI=1S/C27H33BrN2O3S/c1-6-33-26(31)25-18(9-7-12-29-27(2,3)4)23(22-10-8-14-34-22)24-19-16-20(28)21(32-5)15-17(19)11-13-30(24)25/h8,10,14-16,29H,6-7,9,11-13H2,1-5H3. The quantitative estimate of drug-likeness (QED) is 0.253. The molecular weight excluding hydrogens is 512 g/mol. The normalized spacial score (nSPS) is 12.9. The SMILES string of the molecule is CCOC(=O)c1c(CCCNC(C)(C)C)c(-c2cccs2)c2n1CCc1cc(OC)c(Br)cc1-2. The van der Waals surface area contributed by atoms with Gasteiger partial charge in [0.05, 0.1) is 23.9 Å². The number of nitrogens with zero attached hydrogens (tertiary/aromatic N) is 1. The van der Waals surface area contributed by atoms with Crippen molar-refractivity contribution in [3.8, 4) is 27.4 Å². The summed E-state index contributed by atoms with van der Waals surface area (Å²) in [6.07, 6.45) is 2.57. The fourth-order valence-electron chi connectivity index (χ4n) is 4.68. The Morgan fingerprint density at radius 2 is 2.09 bits per heavy atom. The van der Waals surface area contributed by atoms with E-state index in [0.29, 0.717) is 12.3 Å². The number of aromatic nitrogens is 1. The third-order valence-electron chi connectivity index (χ3n) is 6.10. The number of esters is 1. The fourth-order valence-corrected chi connectivity index (χ4v) is 5.98. The van der Waals surface area contributed by atoms with Crippen LogP contribution in [0, 0.1) is 0 Å². The first-order valence-electron chi connectivity index (χ1n) is 11.8. The molecular formula is C27H33BrN2O3S. The van der Waals surface area contributed by atoms with E-state index in [1.54, 1.807) is 18.4 Å². The minimum absolute atomic E-state index is 0.0604. The van der Waals surface area contributed by atoms with Gasteiger partial charge in [0.2, 0.25) is 0 Å². The molecule has 3 heterocycles. The van der Waals surface area contributed by atoms with Gasteiger partial charge in [0.15, 0.2) is 0 Å². The molecule has 2 aromatic heterocycles. The van der Waals surface area contributed by atoms with Crippen LogP contribution in [0.1, 0.15) is 55.7 Å². The van der Waals surface area contributed by atoms with Crippen molar-refractivity contribution in [2.24, 2.45) is 0 Å². The molecule has 1 aliphatic heterocycles.